The van der Waals surface area contributed by atoms with Crippen molar-refractivity contribution in [1.82, 2.24) is 8.58 Å². The van der Waals surface area contributed by atoms with Gasteiger partial charge >= 0.3 is 0 Å². The van der Waals surface area contributed by atoms with E-state index in [0.717, 1.165) is 11.0 Å². The van der Waals surface area contributed by atoms with Crippen LogP contribution in [0, 0.1) is 6.07 Å². The third-order valence-corrected chi connectivity index (χ3v) is 1.90. The molecule has 2 nitrogen and oxygen atoms in total. The number of hydrogen-bond acceptors (Lipinski definition) is 1. The molecule has 0 spiro atoms. The summed E-state index contributed by atoms with van der Waals surface area (Å²) in [4.78, 5) is 4.13. The molecular weight excluding hydrogens is 192 g/mol. The molecule has 49 valence electrons. The van der Waals surface area contributed by atoms with Crippen molar-refractivity contribution >= 4 is 27.2 Å². The summed E-state index contributed by atoms with van der Waals surface area (Å²) in [5.74, 6) is 0. The molecule has 2 aromatic heterocycles. The van der Waals surface area contributed by atoms with E-state index in [1.807, 2.05) is 12.3 Å². The van der Waals surface area contributed by atoms with Crippen LogP contribution in [0.3, 0.4) is 0 Å². The van der Waals surface area contributed by atoms with Crippen molar-refractivity contribution in [2.45, 2.75) is 0 Å². The van der Waals surface area contributed by atoms with Crippen LogP contribution in [0.4, 0.5) is 0 Å². The monoisotopic (exact) mass is 195 g/mol. The maximum atomic E-state index is 4.13. The standard InChI is InChI=1S/C7H4BrN2/c8-10-5-3-6-2-1-4-9-7(6)10/h1,3-5H. The minimum absolute atomic E-state index is 0.905. The van der Waals surface area contributed by atoms with Crippen molar-refractivity contribution in [2.75, 3.05) is 0 Å². The number of rotatable bonds is 0. The van der Waals surface area contributed by atoms with Gasteiger partial charge in [-0.1, -0.05) is 0 Å². The third kappa shape index (κ3) is 0.743. The molecule has 2 heterocycles. The van der Waals surface area contributed by atoms with Crippen molar-refractivity contribution in [3.63, 3.8) is 0 Å². The third-order valence-electron chi connectivity index (χ3n) is 1.33. The predicted octanol–water partition coefficient (Wildman–Crippen LogP) is 1.99. The van der Waals surface area contributed by atoms with E-state index < -0.39 is 0 Å². The summed E-state index contributed by atoms with van der Waals surface area (Å²) >= 11 is 3.30. The summed E-state index contributed by atoms with van der Waals surface area (Å²) in [5.41, 5.74) is 0.905. The lowest BCUT2D eigenvalue weighted by Gasteiger charge is -1.88. The molecule has 0 unspecified atom stereocenters. The number of fused-ring (bicyclic) bond motifs is 1. The van der Waals surface area contributed by atoms with E-state index in [2.05, 4.69) is 27.2 Å². The minimum Gasteiger partial charge on any atom is -0.267 e. The Labute approximate surface area is 66.8 Å². The zero-order valence-electron chi connectivity index (χ0n) is 5.08. The van der Waals surface area contributed by atoms with Gasteiger partial charge in [0.25, 0.3) is 0 Å². The second kappa shape index (κ2) is 2.09. The molecule has 1 radical (unpaired) electrons. The fraction of sp³-hybridized carbons (Fsp3) is 0. The fourth-order valence-corrected chi connectivity index (χ4v) is 1.27. The van der Waals surface area contributed by atoms with E-state index in [4.69, 9.17) is 0 Å². The minimum atomic E-state index is 0.905. The highest BCUT2D eigenvalue weighted by Crippen LogP contribution is 2.12. The van der Waals surface area contributed by atoms with Crippen molar-refractivity contribution in [3.05, 3.63) is 30.6 Å². The summed E-state index contributed by atoms with van der Waals surface area (Å²) in [6, 6.07) is 6.81. The van der Waals surface area contributed by atoms with E-state index >= 15 is 0 Å². The highest BCUT2D eigenvalue weighted by atomic mass is 79.9. The maximum Gasteiger partial charge on any atom is 0.150 e. The van der Waals surface area contributed by atoms with Crippen molar-refractivity contribution < 1.29 is 0 Å². The number of halogens is 1. The molecule has 0 saturated heterocycles. The Hall–Kier alpha value is -0.830. The molecule has 0 N–H and O–H groups in total. The van der Waals surface area contributed by atoms with Crippen LogP contribution in [0.15, 0.2) is 24.5 Å². The molecule has 3 heteroatoms. The molecule has 2 aromatic rings. The Bertz CT molecular complexity index is 353. The van der Waals surface area contributed by atoms with Crippen LogP contribution >= 0.6 is 16.1 Å². The van der Waals surface area contributed by atoms with Crippen molar-refractivity contribution in [2.24, 2.45) is 0 Å². The molecule has 0 atom stereocenters. The van der Waals surface area contributed by atoms with Gasteiger partial charge in [0.15, 0.2) is 5.65 Å². The molecule has 0 fully saturated rings. The topological polar surface area (TPSA) is 17.8 Å². The molecule has 0 aromatic carbocycles. The molecule has 0 saturated carbocycles. The van der Waals surface area contributed by atoms with Crippen LogP contribution in [-0.4, -0.2) is 8.58 Å². The second-order valence-electron chi connectivity index (χ2n) is 1.95. The lowest BCUT2D eigenvalue weighted by atomic mass is 10.3. The highest BCUT2D eigenvalue weighted by molar-refractivity contribution is 9.08. The van der Waals surface area contributed by atoms with Crippen LogP contribution in [0.25, 0.3) is 11.0 Å². The van der Waals surface area contributed by atoms with Gasteiger partial charge in [0, 0.05) is 17.8 Å². The molecular formula is C7H4BrN2. The first-order chi connectivity index (χ1) is 4.88. The fourth-order valence-electron chi connectivity index (χ4n) is 0.872. The smallest absolute Gasteiger partial charge is 0.150 e. The SMILES string of the molecule is Brn1ccc2[c]ccnc21. The Kier molecular flexibility index (Phi) is 1.24. The molecule has 0 aliphatic rings. The van der Waals surface area contributed by atoms with E-state index in [-0.39, 0.29) is 0 Å². The molecule has 10 heavy (non-hydrogen) atoms. The first-order valence-corrected chi connectivity index (χ1v) is 3.59. The average molecular weight is 196 g/mol. The Morgan fingerprint density at radius 1 is 1.60 bits per heavy atom. The Morgan fingerprint density at radius 3 is 3.30 bits per heavy atom. The zero-order chi connectivity index (χ0) is 6.97. The summed E-state index contributed by atoms with van der Waals surface area (Å²) in [6.45, 7) is 0. The molecule has 0 aliphatic heterocycles. The van der Waals surface area contributed by atoms with Crippen LogP contribution in [0.2, 0.25) is 0 Å². The van der Waals surface area contributed by atoms with E-state index in [1.165, 1.54) is 0 Å². The van der Waals surface area contributed by atoms with Crippen molar-refractivity contribution in [1.29, 1.82) is 0 Å². The summed E-state index contributed by atoms with van der Waals surface area (Å²) < 4.78 is 1.79. The van der Waals surface area contributed by atoms with Gasteiger partial charge in [-0.3, -0.25) is 3.59 Å². The lowest BCUT2D eigenvalue weighted by Crippen LogP contribution is -1.78. The number of aromatic nitrogens is 2. The van der Waals surface area contributed by atoms with Gasteiger partial charge in [-0.05, 0) is 18.2 Å². The van der Waals surface area contributed by atoms with Gasteiger partial charge in [-0.25, -0.2) is 4.98 Å². The van der Waals surface area contributed by atoms with Crippen LogP contribution < -0.4 is 0 Å². The van der Waals surface area contributed by atoms with Crippen LogP contribution in [0.5, 0.6) is 0 Å². The first kappa shape index (κ1) is 5.92. The van der Waals surface area contributed by atoms with Crippen molar-refractivity contribution in [3.8, 4) is 0 Å². The normalized spacial score (nSPS) is 10.5. The largest absolute Gasteiger partial charge is 0.267 e. The Morgan fingerprint density at radius 2 is 2.50 bits per heavy atom. The van der Waals surface area contributed by atoms with Crippen LogP contribution in [0.1, 0.15) is 0 Å². The average Bonchev–Trinajstić information content (AvgIpc) is 2.34. The highest BCUT2D eigenvalue weighted by Gasteiger charge is 1.95. The van der Waals surface area contributed by atoms with Gasteiger partial charge in [-0.2, -0.15) is 0 Å². The zero-order valence-corrected chi connectivity index (χ0v) is 6.67. The van der Waals surface area contributed by atoms with Gasteiger partial charge in [0.05, 0.1) is 16.1 Å². The number of pyridine rings is 1. The molecule has 2 rings (SSSR count). The van der Waals surface area contributed by atoms with Gasteiger partial charge in [0.1, 0.15) is 0 Å². The molecule has 0 bridgehead atoms. The molecule has 0 aliphatic carbocycles. The van der Waals surface area contributed by atoms with Gasteiger partial charge < -0.3 is 0 Å². The Balaban J connectivity index is 2.93. The summed E-state index contributed by atoms with van der Waals surface area (Å²) in [6.07, 6.45) is 3.62. The van der Waals surface area contributed by atoms with Gasteiger partial charge in [-0.15, -0.1) is 0 Å². The quantitative estimate of drug-likeness (QED) is 0.629. The summed E-state index contributed by atoms with van der Waals surface area (Å²) in [5, 5.41) is 1.03. The number of hydrogen-bond donors (Lipinski definition) is 0. The predicted molar refractivity (Wildman–Crippen MR) is 42.9 cm³/mol. The van der Waals surface area contributed by atoms with Crippen LogP contribution in [-0.2, 0) is 0 Å². The van der Waals surface area contributed by atoms with Gasteiger partial charge in [0.2, 0.25) is 0 Å². The number of nitrogens with zero attached hydrogens (tertiary/aromatic N) is 2. The molecule has 0 amide bonds. The second-order valence-corrected chi connectivity index (χ2v) is 2.72. The maximum absolute atomic E-state index is 4.13. The lowest BCUT2D eigenvalue weighted by molar-refractivity contribution is 1.28. The first-order valence-electron chi connectivity index (χ1n) is 2.88. The van der Waals surface area contributed by atoms with E-state index in [1.54, 1.807) is 15.9 Å². The summed E-state index contributed by atoms with van der Waals surface area (Å²) in [7, 11) is 0. The van der Waals surface area contributed by atoms with E-state index in [0.29, 0.717) is 0 Å². The van der Waals surface area contributed by atoms with E-state index in [9.17, 15) is 0 Å².